The van der Waals surface area contributed by atoms with Crippen LogP contribution in [0.4, 0.5) is 0 Å². The molecule has 7 nitrogen and oxygen atoms in total. The molecule has 0 atom stereocenters. The molecule has 1 fully saturated rings. The minimum absolute atomic E-state index is 0.356. The summed E-state index contributed by atoms with van der Waals surface area (Å²) < 4.78 is 0. The number of amides is 1. The standard InChI is InChI=1S/C18H22N6O/c19-7-15(8-20)17-5-6-22-11-14(17)3-4-18(25)24-16(9-21)12-23-10-13-1-2-13/h3-9,11-13,19,21,23H,1-2,10,20H2,(H,24,25)/b4-3+,15-8+,16-12+,19-7?,21-9?. The van der Waals surface area contributed by atoms with Crippen molar-refractivity contribution in [3.8, 4) is 0 Å². The van der Waals surface area contributed by atoms with E-state index in [1.807, 2.05) is 0 Å². The van der Waals surface area contributed by atoms with E-state index in [0.717, 1.165) is 19.0 Å². The number of allylic oxidation sites excluding steroid dienone is 2. The smallest absolute Gasteiger partial charge is 0.248 e. The van der Waals surface area contributed by atoms with E-state index >= 15 is 0 Å². The van der Waals surface area contributed by atoms with Crippen molar-refractivity contribution in [2.45, 2.75) is 12.8 Å². The highest BCUT2D eigenvalue weighted by atomic mass is 16.1. The molecule has 1 aromatic rings. The van der Waals surface area contributed by atoms with Crippen LogP contribution >= 0.6 is 0 Å². The van der Waals surface area contributed by atoms with Crippen LogP contribution in [0, 0.1) is 16.7 Å². The second-order valence-corrected chi connectivity index (χ2v) is 5.65. The lowest BCUT2D eigenvalue weighted by molar-refractivity contribution is -0.115. The number of pyridine rings is 1. The summed E-state index contributed by atoms with van der Waals surface area (Å²) in [6.45, 7) is 0.861. The SMILES string of the molecule is N=C/C(=C\N)c1ccncc1/C=C/C(=O)N/C(C=N)=C/NCC1CC1. The van der Waals surface area contributed by atoms with E-state index in [1.165, 1.54) is 25.1 Å². The molecule has 6 N–H and O–H groups in total. The van der Waals surface area contributed by atoms with Crippen LogP contribution in [0.1, 0.15) is 24.0 Å². The van der Waals surface area contributed by atoms with Crippen molar-refractivity contribution in [2.75, 3.05) is 6.54 Å². The molecule has 0 radical (unpaired) electrons. The molecule has 0 spiro atoms. The highest BCUT2D eigenvalue weighted by molar-refractivity contribution is 6.09. The van der Waals surface area contributed by atoms with Gasteiger partial charge in [-0.05, 0) is 36.5 Å². The summed E-state index contributed by atoms with van der Waals surface area (Å²) in [6.07, 6.45) is 13.8. The quantitative estimate of drug-likeness (QED) is 0.346. The fraction of sp³-hybridized carbons (Fsp3) is 0.222. The van der Waals surface area contributed by atoms with Crippen LogP contribution in [0.25, 0.3) is 11.6 Å². The first kappa shape index (κ1) is 18.1. The molecule has 0 unspecified atom stereocenters. The molecule has 1 amide bonds. The van der Waals surface area contributed by atoms with Gasteiger partial charge < -0.3 is 27.2 Å². The van der Waals surface area contributed by atoms with E-state index < -0.39 is 0 Å². The van der Waals surface area contributed by atoms with Gasteiger partial charge in [-0.1, -0.05) is 0 Å². The second-order valence-electron chi connectivity index (χ2n) is 5.65. The first-order valence-corrected chi connectivity index (χ1v) is 7.97. The molecule has 0 aliphatic heterocycles. The van der Waals surface area contributed by atoms with Crippen molar-refractivity contribution in [1.29, 1.82) is 10.8 Å². The third-order valence-corrected chi connectivity index (χ3v) is 3.70. The fourth-order valence-corrected chi connectivity index (χ4v) is 2.14. The van der Waals surface area contributed by atoms with Crippen molar-refractivity contribution >= 4 is 30.0 Å². The number of hydrogen-bond acceptors (Lipinski definition) is 6. The number of nitrogens with one attached hydrogen (secondary N) is 4. The van der Waals surface area contributed by atoms with Gasteiger partial charge in [0.1, 0.15) is 0 Å². The maximum Gasteiger partial charge on any atom is 0.248 e. The maximum atomic E-state index is 12.0. The Bertz CT molecular complexity index is 731. The topological polar surface area (TPSA) is 128 Å². The Balaban J connectivity index is 2.01. The molecule has 1 saturated carbocycles. The van der Waals surface area contributed by atoms with Crippen LogP contribution in [0.3, 0.4) is 0 Å². The first-order chi connectivity index (χ1) is 12.2. The Morgan fingerprint density at radius 1 is 1.36 bits per heavy atom. The van der Waals surface area contributed by atoms with E-state index in [0.29, 0.717) is 28.3 Å². The van der Waals surface area contributed by atoms with Gasteiger partial charge in [-0.25, -0.2) is 0 Å². The normalized spacial score (nSPS) is 15.0. The summed E-state index contributed by atoms with van der Waals surface area (Å²) in [5.41, 5.74) is 7.83. The predicted molar refractivity (Wildman–Crippen MR) is 100.0 cm³/mol. The van der Waals surface area contributed by atoms with Gasteiger partial charge in [0.25, 0.3) is 0 Å². The molecule has 7 heteroatoms. The van der Waals surface area contributed by atoms with E-state index in [-0.39, 0.29) is 5.91 Å². The van der Waals surface area contributed by atoms with Gasteiger partial charge in [0.05, 0.1) is 5.70 Å². The van der Waals surface area contributed by atoms with Crippen molar-refractivity contribution < 1.29 is 4.79 Å². The molecule has 25 heavy (non-hydrogen) atoms. The van der Waals surface area contributed by atoms with Gasteiger partial charge in [0.2, 0.25) is 5.91 Å². The minimum Gasteiger partial charge on any atom is -0.404 e. The average Bonchev–Trinajstić information content (AvgIpc) is 3.45. The van der Waals surface area contributed by atoms with Gasteiger partial charge in [0, 0.05) is 61.0 Å². The van der Waals surface area contributed by atoms with Crippen molar-refractivity contribution in [2.24, 2.45) is 11.7 Å². The number of hydrogen-bond donors (Lipinski definition) is 5. The molecule has 2 rings (SSSR count). The molecular weight excluding hydrogens is 316 g/mol. The highest BCUT2D eigenvalue weighted by Crippen LogP contribution is 2.27. The predicted octanol–water partition coefficient (Wildman–Crippen LogP) is 1.65. The third-order valence-electron chi connectivity index (χ3n) is 3.70. The molecule has 130 valence electrons. The summed E-state index contributed by atoms with van der Waals surface area (Å²) in [7, 11) is 0. The first-order valence-electron chi connectivity index (χ1n) is 7.97. The lowest BCUT2D eigenvalue weighted by Crippen LogP contribution is -2.23. The van der Waals surface area contributed by atoms with Crippen LogP contribution in [0.2, 0.25) is 0 Å². The summed E-state index contributed by atoms with van der Waals surface area (Å²) in [4.78, 5) is 16.1. The Labute approximate surface area is 146 Å². The zero-order valence-electron chi connectivity index (χ0n) is 13.8. The van der Waals surface area contributed by atoms with Crippen LogP contribution < -0.4 is 16.4 Å². The van der Waals surface area contributed by atoms with E-state index in [2.05, 4.69) is 15.6 Å². The number of rotatable bonds is 9. The Morgan fingerprint density at radius 2 is 2.16 bits per heavy atom. The maximum absolute atomic E-state index is 12.0. The van der Waals surface area contributed by atoms with Gasteiger partial charge in [-0.2, -0.15) is 0 Å². The van der Waals surface area contributed by atoms with Gasteiger partial charge in [-0.3, -0.25) is 9.78 Å². The van der Waals surface area contributed by atoms with E-state index in [9.17, 15) is 4.79 Å². The summed E-state index contributed by atoms with van der Waals surface area (Å²) in [5.74, 6) is 0.354. The zero-order valence-corrected chi connectivity index (χ0v) is 13.8. The average molecular weight is 338 g/mol. The lowest BCUT2D eigenvalue weighted by atomic mass is 10.0. The van der Waals surface area contributed by atoms with Gasteiger partial charge in [0.15, 0.2) is 0 Å². The monoisotopic (exact) mass is 338 g/mol. The van der Waals surface area contributed by atoms with Crippen LogP contribution in [-0.4, -0.2) is 29.9 Å². The second kappa shape index (κ2) is 9.17. The number of nitrogens with zero attached hydrogens (tertiary/aromatic N) is 1. The highest BCUT2D eigenvalue weighted by Gasteiger charge is 2.19. The van der Waals surface area contributed by atoms with E-state index in [4.69, 9.17) is 16.6 Å². The molecule has 0 saturated heterocycles. The number of carbonyl (C=O) groups excluding carboxylic acids is 1. The summed E-state index contributed by atoms with van der Waals surface area (Å²) in [5, 5.41) is 20.5. The zero-order chi connectivity index (χ0) is 18.1. The summed E-state index contributed by atoms with van der Waals surface area (Å²) >= 11 is 0. The molecule has 1 heterocycles. The number of carbonyl (C=O) groups is 1. The molecular formula is C18H22N6O. The molecule has 1 aliphatic rings. The number of aromatic nitrogens is 1. The van der Waals surface area contributed by atoms with Crippen molar-refractivity contribution in [3.63, 3.8) is 0 Å². The summed E-state index contributed by atoms with van der Waals surface area (Å²) in [6, 6.07) is 1.73. The van der Waals surface area contributed by atoms with E-state index in [1.54, 1.807) is 30.7 Å². The molecule has 0 bridgehead atoms. The van der Waals surface area contributed by atoms with Crippen LogP contribution in [0.15, 0.2) is 42.6 Å². The van der Waals surface area contributed by atoms with Crippen LogP contribution in [-0.2, 0) is 4.79 Å². The molecule has 1 aliphatic carbocycles. The Morgan fingerprint density at radius 3 is 2.80 bits per heavy atom. The molecule has 0 aromatic carbocycles. The fourth-order valence-electron chi connectivity index (χ4n) is 2.14. The van der Waals surface area contributed by atoms with Crippen LogP contribution in [0.5, 0.6) is 0 Å². The largest absolute Gasteiger partial charge is 0.404 e. The number of nitrogens with two attached hydrogens (primary N) is 1. The van der Waals surface area contributed by atoms with Gasteiger partial charge in [-0.15, -0.1) is 0 Å². The van der Waals surface area contributed by atoms with Gasteiger partial charge >= 0.3 is 0 Å². The molecule has 1 aromatic heterocycles. The minimum atomic E-state index is -0.356. The Kier molecular flexibility index (Phi) is 6.65. The Hall–Kier alpha value is -3.22. The van der Waals surface area contributed by atoms with Crippen molar-refractivity contribution in [1.82, 2.24) is 15.6 Å². The lowest BCUT2D eigenvalue weighted by Gasteiger charge is -2.06. The third kappa shape index (κ3) is 5.72. The van der Waals surface area contributed by atoms with Crippen molar-refractivity contribution in [3.05, 3.63) is 53.8 Å².